The van der Waals surface area contributed by atoms with E-state index >= 15 is 0 Å². The van der Waals surface area contributed by atoms with Crippen LogP contribution in [0.3, 0.4) is 0 Å². The van der Waals surface area contributed by atoms with Crippen molar-refractivity contribution in [2.45, 2.75) is 30.7 Å². The third-order valence-corrected chi connectivity index (χ3v) is 4.49. The zero-order valence-corrected chi connectivity index (χ0v) is 13.4. The van der Waals surface area contributed by atoms with Gasteiger partial charge in [0, 0.05) is 18.2 Å². The Balaban J connectivity index is 1.66. The van der Waals surface area contributed by atoms with E-state index in [1.54, 1.807) is 0 Å². The molecule has 2 aliphatic heterocycles. The van der Waals surface area contributed by atoms with Gasteiger partial charge in [-0.05, 0) is 30.7 Å². The third-order valence-electron chi connectivity index (χ3n) is 4.49. The standard InChI is InChI=1S/C16H16F3N3O4/c17-16(18,19)9-3-1-8(2-4-9)13(24)20-10-5-12-14(25)21-11(7-23)15(26)22(12)6-10/h1-4,10-12,23H,5-7H2,(H,20,24)(H,21,25)/t10-,11-,12-/m0/s1. The molecule has 2 fully saturated rings. The minimum Gasteiger partial charge on any atom is -0.394 e. The Morgan fingerprint density at radius 2 is 1.92 bits per heavy atom. The van der Waals surface area contributed by atoms with Crippen LogP contribution >= 0.6 is 0 Å². The van der Waals surface area contributed by atoms with E-state index < -0.39 is 54.2 Å². The van der Waals surface area contributed by atoms with Crippen LogP contribution in [0.2, 0.25) is 0 Å². The van der Waals surface area contributed by atoms with Gasteiger partial charge in [0.1, 0.15) is 12.1 Å². The van der Waals surface area contributed by atoms with Gasteiger partial charge in [0.05, 0.1) is 12.2 Å². The smallest absolute Gasteiger partial charge is 0.394 e. The van der Waals surface area contributed by atoms with E-state index in [0.717, 1.165) is 24.3 Å². The number of hydrogen-bond donors (Lipinski definition) is 3. The van der Waals surface area contributed by atoms with E-state index in [0.29, 0.717) is 0 Å². The molecule has 0 radical (unpaired) electrons. The molecule has 1 aromatic carbocycles. The number of aliphatic hydroxyl groups excluding tert-OH is 1. The first-order chi connectivity index (χ1) is 12.2. The number of hydrogen-bond acceptors (Lipinski definition) is 4. The number of amides is 3. The molecule has 3 atom stereocenters. The van der Waals surface area contributed by atoms with Gasteiger partial charge >= 0.3 is 6.18 Å². The van der Waals surface area contributed by atoms with Crippen LogP contribution in [0.25, 0.3) is 0 Å². The molecule has 7 nitrogen and oxygen atoms in total. The van der Waals surface area contributed by atoms with Crippen molar-refractivity contribution in [2.24, 2.45) is 0 Å². The third kappa shape index (κ3) is 3.36. The molecule has 0 aliphatic carbocycles. The molecule has 140 valence electrons. The fraction of sp³-hybridized carbons (Fsp3) is 0.438. The molecule has 26 heavy (non-hydrogen) atoms. The van der Waals surface area contributed by atoms with Crippen molar-refractivity contribution >= 4 is 17.7 Å². The van der Waals surface area contributed by atoms with E-state index in [4.69, 9.17) is 5.11 Å². The van der Waals surface area contributed by atoms with Crippen molar-refractivity contribution in [1.29, 1.82) is 0 Å². The zero-order valence-electron chi connectivity index (χ0n) is 13.4. The maximum atomic E-state index is 12.6. The summed E-state index contributed by atoms with van der Waals surface area (Å²) in [5.74, 6) is -1.42. The van der Waals surface area contributed by atoms with Crippen molar-refractivity contribution in [3.63, 3.8) is 0 Å². The Morgan fingerprint density at radius 3 is 2.50 bits per heavy atom. The zero-order chi connectivity index (χ0) is 19.1. The number of fused-ring (bicyclic) bond motifs is 1. The monoisotopic (exact) mass is 371 g/mol. The topological polar surface area (TPSA) is 98.7 Å². The van der Waals surface area contributed by atoms with Crippen LogP contribution < -0.4 is 10.6 Å². The van der Waals surface area contributed by atoms with Gasteiger partial charge in [-0.1, -0.05) is 0 Å². The Morgan fingerprint density at radius 1 is 1.27 bits per heavy atom. The van der Waals surface area contributed by atoms with Crippen molar-refractivity contribution in [1.82, 2.24) is 15.5 Å². The number of nitrogens with one attached hydrogen (secondary N) is 2. The summed E-state index contributed by atoms with van der Waals surface area (Å²) in [7, 11) is 0. The minimum atomic E-state index is -4.49. The summed E-state index contributed by atoms with van der Waals surface area (Å²) >= 11 is 0. The fourth-order valence-electron chi connectivity index (χ4n) is 3.17. The van der Waals surface area contributed by atoms with Crippen LogP contribution in [0, 0.1) is 0 Å². The van der Waals surface area contributed by atoms with Crippen LogP contribution in [0.5, 0.6) is 0 Å². The Labute approximate surface area is 146 Å². The predicted molar refractivity (Wildman–Crippen MR) is 81.8 cm³/mol. The second-order valence-corrected chi connectivity index (χ2v) is 6.23. The summed E-state index contributed by atoms with van der Waals surface area (Å²) in [6, 6.07) is 1.53. The van der Waals surface area contributed by atoms with E-state index in [1.165, 1.54) is 4.90 Å². The number of carbonyl (C=O) groups excluding carboxylic acids is 3. The van der Waals surface area contributed by atoms with E-state index in [1.807, 2.05) is 0 Å². The molecule has 0 aromatic heterocycles. The van der Waals surface area contributed by atoms with Gasteiger partial charge < -0.3 is 20.6 Å². The van der Waals surface area contributed by atoms with Gasteiger partial charge in [0.2, 0.25) is 11.8 Å². The van der Waals surface area contributed by atoms with Gasteiger partial charge in [-0.25, -0.2) is 0 Å². The first-order valence-electron chi connectivity index (χ1n) is 7.90. The molecule has 10 heteroatoms. The first-order valence-corrected chi connectivity index (χ1v) is 7.90. The van der Waals surface area contributed by atoms with Crippen molar-refractivity contribution in [3.05, 3.63) is 35.4 Å². The lowest BCUT2D eigenvalue weighted by Crippen LogP contribution is -2.62. The number of nitrogens with zero attached hydrogens (tertiary/aromatic N) is 1. The molecule has 0 unspecified atom stereocenters. The molecule has 0 bridgehead atoms. The van der Waals surface area contributed by atoms with Crippen LogP contribution in [0.1, 0.15) is 22.3 Å². The summed E-state index contributed by atoms with van der Waals surface area (Å²) in [5, 5.41) is 14.2. The summed E-state index contributed by atoms with van der Waals surface area (Å²) in [6.07, 6.45) is -4.29. The first kappa shape index (κ1) is 18.2. The Hall–Kier alpha value is -2.62. The largest absolute Gasteiger partial charge is 0.416 e. The van der Waals surface area contributed by atoms with E-state index in [-0.39, 0.29) is 18.5 Å². The van der Waals surface area contributed by atoms with Crippen molar-refractivity contribution in [3.8, 4) is 0 Å². The average molecular weight is 371 g/mol. The van der Waals surface area contributed by atoms with Gasteiger partial charge in [0.25, 0.3) is 5.91 Å². The van der Waals surface area contributed by atoms with Crippen molar-refractivity contribution < 1.29 is 32.7 Å². The van der Waals surface area contributed by atoms with Crippen LogP contribution in [-0.2, 0) is 15.8 Å². The molecule has 3 N–H and O–H groups in total. The maximum absolute atomic E-state index is 12.6. The number of rotatable bonds is 3. The number of carbonyl (C=O) groups is 3. The highest BCUT2D eigenvalue weighted by Gasteiger charge is 2.46. The molecule has 1 aromatic rings. The number of piperazine rings is 1. The fourth-order valence-corrected chi connectivity index (χ4v) is 3.17. The Bertz CT molecular complexity index is 735. The van der Waals surface area contributed by atoms with E-state index in [2.05, 4.69) is 10.6 Å². The highest BCUT2D eigenvalue weighted by atomic mass is 19.4. The second kappa shape index (κ2) is 6.60. The molecule has 2 saturated heterocycles. The maximum Gasteiger partial charge on any atom is 0.416 e. The number of benzene rings is 1. The lowest BCUT2D eigenvalue weighted by Gasteiger charge is -2.33. The normalized spacial score (nSPS) is 25.7. The molecule has 0 saturated carbocycles. The number of alkyl halides is 3. The van der Waals surface area contributed by atoms with Gasteiger partial charge in [0.15, 0.2) is 0 Å². The Kier molecular flexibility index (Phi) is 4.61. The average Bonchev–Trinajstić information content (AvgIpc) is 3.02. The molecule has 0 spiro atoms. The van der Waals surface area contributed by atoms with Gasteiger partial charge in [-0.2, -0.15) is 13.2 Å². The van der Waals surface area contributed by atoms with Gasteiger partial charge in [-0.15, -0.1) is 0 Å². The lowest BCUT2D eigenvalue weighted by molar-refractivity contribution is -0.148. The quantitative estimate of drug-likeness (QED) is 0.691. The summed E-state index contributed by atoms with van der Waals surface area (Å²) in [4.78, 5) is 37.7. The SMILES string of the molecule is O=C(N[C@H]1C[C@H]2C(=O)N[C@@H](CO)C(=O)N2C1)c1ccc(C(F)(F)F)cc1. The molecular formula is C16H16F3N3O4. The van der Waals surface area contributed by atoms with Crippen LogP contribution in [-0.4, -0.2) is 59.0 Å². The highest BCUT2D eigenvalue weighted by molar-refractivity contribution is 5.98. The number of aliphatic hydroxyl groups is 1. The molecule has 3 rings (SSSR count). The van der Waals surface area contributed by atoms with Gasteiger partial charge in [-0.3, -0.25) is 14.4 Å². The summed E-state index contributed by atoms with van der Waals surface area (Å²) in [5.41, 5.74) is -0.809. The minimum absolute atomic E-state index is 0.0480. The van der Waals surface area contributed by atoms with E-state index in [9.17, 15) is 27.6 Å². The molecule has 2 aliphatic rings. The molecular weight excluding hydrogens is 355 g/mol. The van der Waals surface area contributed by atoms with Crippen LogP contribution in [0.4, 0.5) is 13.2 Å². The summed E-state index contributed by atoms with van der Waals surface area (Å²) < 4.78 is 37.7. The lowest BCUT2D eigenvalue weighted by atomic mass is 10.1. The summed E-state index contributed by atoms with van der Waals surface area (Å²) in [6.45, 7) is -0.420. The molecule has 2 heterocycles. The predicted octanol–water partition coefficient (Wildman–Crippen LogP) is -0.105. The molecule has 3 amide bonds. The van der Waals surface area contributed by atoms with Crippen LogP contribution in [0.15, 0.2) is 24.3 Å². The van der Waals surface area contributed by atoms with Crippen molar-refractivity contribution in [2.75, 3.05) is 13.2 Å². The highest BCUT2D eigenvalue weighted by Crippen LogP contribution is 2.29. The number of halogens is 3. The second-order valence-electron chi connectivity index (χ2n) is 6.23.